The summed E-state index contributed by atoms with van der Waals surface area (Å²) >= 11 is 6.17. The van der Waals surface area contributed by atoms with Gasteiger partial charge in [-0.1, -0.05) is 32.4 Å². The zero-order valence-corrected chi connectivity index (χ0v) is 12.1. The molecule has 0 spiro atoms. The van der Waals surface area contributed by atoms with E-state index in [1.807, 2.05) is 18.5 Å². The van der Waals surface area contributed by atoms with Crippen LogP contribution in [0.2, 0.25) is 5.02 Å². The Balaban J connectivity index is 2.84. The van der Waals surface area contributed by atoms with E-state index in [-0.39, 0.29) is 11.2 Å². The van der Waals surface area contributed by atoms with Crippen molar-refractivity contribution in [2.45, 2.75) is 54.0 Å². The molecule has 17 heavy (non-hydrogen) atoms. The molecular formula is C13H21ClN2O. The molecule has 0 saturated carbocycles. The number of hydrogen-bond donors (Lipinski definition) is 0. The predicted octanol–water partition coefficient (Wildman–Crippen LogP) is 3.41. The van der Waals surface area contributed by atoms with E-state index in [1.165, 1.54) is 0 Å². The molecule has 3 nitrogen and oxygen atoms in total. The van der Waals surface area contributed by atoms with Crippen LogP contribution < -0.4 is 0 Å². The Morgan fingerprint density at radius 3 is 2.47 bits per heavy atom. The van der Waals surface area contributed by atoms with Crippen LogP contribution in [0.5, 0.6) is 0 Å². The summed E-state index contributed by atoms with van der Waals surface area (Å²) in [7, 11) is 0. The van der Waals surface area contributed by atoms with Gasteiger partial charge in [0.15, 0.2) is 0 Å². The third-order valence-corrected chi connectivity index (χ3v) is 3.04. The maximum atomic E-state index is 12.0. The number of Topliss-reactive ketones (excluding diaryl/α,β-unsaturated/α-hetero) is 1. The molecule has 0 aliphatic rings. The Labute approximate surface area is 108 Å². The van der Waals surface area contributed by atoms with Gasteiger partial charge in [0, 0.05) is 19.4 Å². The molecule has 4 heteroatoms. The molecule has 0 saturated heterocycles. The molecule has 0 N–H and O–H groups in total. The minimum absolute atomic E-state index is 0.0235. The third-order valence-electron chi connectivity index (χ3n) is 2.54. The van der Waals surface area contributed by atoms with Crippen LogP contribution in [0.15, 0.2) is 0 Å². The standard InChI is InChI=1S/C13H21ClN2O/c1-6-16-11(12(14)9(2)15-16)7-10(17)8-13(3,4)5/h6-8H2,1-5H3. The van der Waals surface area contributed by atoms with Crippen molar-refractivity contribution in [1.29, 1.82) is 0 Å². The lowest BCUT2D eigenvalue weighted by atomic mass is 9.89. The van der Waals surface area contributed by atoms with Crippen LogP contribution in [-0.2, 0) is 17.8 Å². The van der Waals surface area contributed by atoms with Gasteiger partial charge in [0.25, 0.3) is 0 Å². The maximum Gasteiger partial charge on any atom is 0.139 e. The summed E-state index contributed by atoms with van der Waals surface area (Å²) < 4.78 is 1.82. The molecule has 0 bridgehead atoms. The first-order valence-electron chi connectivity index (χ1n) is 5.98. The fraction of sp³-hybridized carbons (Fsp3) is 0.692. The molecule has 0 atom stereocenters. The van der Waals surface area contributed by atoms with Crippen LogP contribution in [0.1, 0.15) is 45.5 Å². The molecule has 0 amide bonds. The lowest BCUT2D eigenvalue weighted by Crippen LogP contribution is -2.16. The number of nitrogens with zero attached hydrogens (tertiary/aromatic N) is 2. The summed E-state index contributed by atoms with van der Waals surface area (Å²) in [6.07, 6.45) is 0.946. The van der Waals surface area contributed by atoms with E-state index < -0.39 is 0 Å². The van der Waals surface area contributed by atoms with Gasteiger partial charge in [-0.3, -0.25) is 9.48 Å². The highest BCUT2D eigenvalue weighted by Crippen LogP contribution is 2.24. The fourth-order valence-corrected chi connectivity index (χ4v) is 2.08. The fourth-order valence-electron chi connectivity index (χ4n) is 1.88. The molecule has 1 heterocycles. The van der Waals surface area contributed by atoms with Gasteiger partial charge in [-0.25, -0.2) is 0 Å². The molecule has 1 aromatic heterocycles. The highest BCUT2D eigenvalue weighted by atomic mass is 35.5. The average molecular weight is 257 g/mol. The quantitative estimate of drug-likeness (QED) is 0.828. The topological polar surface area (TPSA) is 34.9 Å². The van der Waals surface area contributed by atoms with Crippen molar-refractivity contribution in [2.24, 2.45) is 5.41 Å². The molecule has 1 aromatic rings. The van der Waals surface area contributed by atoms with E-state index in [2.05, 4.69) is 25.9 Å². The molecule has 0 radical (unpaired) electrons. The number of hydrogen-bond acceptors (Lipinski definition) is 2. The Hall–Kier alpha value is -0.830. The monoisotopic (exact) mass is 256 g/mol. The average Bonchev–Trinajstić information content (AvgIpc) is 2.42. The number of halogens is 1. The van der Waals surface area contributed by atoms with Gasteiger partial charge in [0.1, 0.15) is 5.78 Å². The van der Waals surface area contributed by atoms with Gasteiger partial charge in [0.2, 0.25) is 0 Å². The first-order valence-corrected chi connectivity index (χ1v) is 6.36. The van der Waals surface area contributed by atoms with Gasteiger partial charge < -0.3 is 0 Å². The number of carbonyl (C=O) groups excluding carboxylic acids is 1. The number of rotatable bonds is 4. The van der Waals surface area contributed by atoms with Gasteiger partial charge in [0.05, 0.1) is 16.4 Å². The Morgan fingerprint density at radius 2 is 2.00 bits per heavy atom. The third kappa shape index (κ3) is 3.84. The highest BCUT2D eigenvalue weighted by Gasteiger charge is 2.20. The van der Waals surface area contributed by atoms with Crippen molar-refractivity contribution in [2.75, 3.05) is 0 Å². The summed E-state index contributed by atoms with van der Waals surface area (Å²) in [6.45, 7) is 10.8. The van der Waals surface area contributed by atoms with Crippen molar-refractivity contribution in [3.8, 4) is 0 Å². The summed E-state index contributed by atoms with van der Waals surface area (Å²) in [4.78, 5) is 12.0. The smallest absolute Gasteiger partial charge is 0.139 e. The van der Waals surface area contributed by atoms with Crippen LogP contribution >= 0.6 is 11.6 Å². The molecule has 0 aromatic carbocycles. The zero-order chi connectivity index (χ0) is 13.2. The van der Waals surface area contributed by atoms with E-state index in [9.17, 15) is 4.79 Å². The lowest BCUT2D eigenvalue weighted by molar-refractivity contribution is -0.120. The van der Waals surface area contributed by atoms with Gasteiger partial charge in [-0.15, -0.1) is 0 Å². The summed E-state index contributed by atoms with van der Waals surface area (Å²) in [5.74, 6) is 0.217. The molecule has 0 unspecified atom stereocenters. The SMILES string of the molecule is CCn1nc(C)c(Cl)c1CC(=O)CC(C)(C)C. The first kappa shape index (κ1) is 14.2. The van der Waals surface area contributed by atoms with E-state index in [1.54, 1.807) is 0 Å². The second-order valence-electron chi connectivity index (χ2n) is 5.61. The number of carbonyl (C=O) groups is 1. The highest BCUT2D eigenvalue weighted by molar-refractivity contribution is 6.32. The van der Waals surface area contributed by atoms with Crippen molar-refractivity contribution in [1.82, 2.24) is 9.78 Å². The van der Waals surface area contributed by atoms with Crippen molar-refractivity contribution in [3.05, 3.63) is 16.4 Å². The Kier molecular flexibility index (Phi) is 4.36. The van der Waals surface area contributed by atoms with E-state index >= 15 is 0 Å². The Bertz CT molecular complexity index is 416. The van der Waals surface area contributed by atoms with E-state index in [0.717, 1.165) is 17.9 Å². The number of aromatic nitrogens is 2. The van der Waals surface area contributed by atoms with Crippen LogP contribution in [-0.4, -0.2) is 15.6 Å². The molecular weight excluding hydrogens is 236 g/mol. The van der Waals surface area contributed by atoms with E-state index in [0.29, 0.717) is 17.9 Å². The van der Waals surface area contributed by atoms with Crippen molar-refractivity contribution in [3.63, 3.8) is 0 Å². The molecule has 0 fully saturated rings. The molecule has 96 valence electrons. The predicted molar refractivity (Wildman–Crippen MR) is 70.4 cm³/mol. The van der Waals surface area contributed by atoms with Crippen LogP contribution in [0.4, 0.5) is 0 Å². The van der Waals surface area contributed by atoms with Crippen molar-refractivity contribution < 1.29 is 4.79 Å². The largest absolute Gasteiger partial charge is 0.299 e. The van der Waals surface area contributed by atoms with E-state index in [4.69, 9.17) is 11.6 Å². The molecule has 1 rings (SSSR count). The second-order valence-corrected chi connectivity index (χ2v) is 5.99. The summed E-state index contributed by atoms with van der Waals surface area (Å²) in [5.41, 5.74) is 1.67. The Morgan fingerprint density at radius 1 is 1.41 bits per heavy atom. The molecule has 0 aliphatic heterocycles. The minimum atomic E-state index is 0.0235. The van der Waals surface area contributed by atoms with Crippen LogP contribution in [0.3, 0.4) is 0 Å². The van der Waals surface area contributed by atoms with Gasteiger partial charge in [-0.05, 0) is 19.3 Å². The maximum absolute atomic E-state index is 12.0. The zero-order valence-electron chi connectivity index (χ0n) is 11.3. The van der Waals surface area contributed by atoms with Crippen LogP contribution in [0, 0.1) is 12.3 Å². The normalized spacial score (nSPS) is 11.9. The number of aryl methyl sites for hydroxylation is 2. The first-order chi connectivity index (χ1) is 7.74. The molecule has 0 aliphatic carbocycles. The lowest BCUT2D eigenvalue weighted by Gasteiger charge is -2.16. The van der Waals surface area contributed by atoms with Crippen LogP contribution in [0.25, 0.3) is 0 Å². The number of ketones is 1. The second kappa shape index (κ2) is 5.21. The minimum Gasteiger partial charge on any atom is -0.299 e. The summed E-state index contributed by atoms with van der Waals surface area (Å²) in [5, 5.41) is 4.94. The van der Waals surface area contributed by atoms with Gasteiger partial charge in [-0.2, -0.15) is 5.10 Å². The van der Waals surface area contributed by atoms with Crippen molar-refractivity contribution >= 4 is 17.4 Å². The summed E-state index contributed by atoms with van der Waals surface area (Å²) in [6, 6.07) is 0. The van der Waals surface area contributed by atoms with Gasteiger partial charge >= 0.3 is 0 Å².